The predicted molar refractivity (Wildman–Crippen MR) is 80.3 cm³/mol. The number of rotatable bonds is 6. The topological polar surface area (TPSA) is 55.4 Å². The lowest BCUT2D eigenvalue weighted by Gasteiger charge is -2.43. The van der Waals surface area contributed by atoms with Crippen LogP contribution in [-0.4, -0.2) is 59.1 Å². The Labute approximate surface area is 131 Å². The minimum Gasteiger partial charge on any atom is -0.497 e. The molecule has 6 nitrogen and oxygen atoms in total. The van der Waals surface area contributed by atoms with Gasteiger partial charge >= 0.3 is 0 Å². The van der Waals surface area contributed by atoms with Crippen molar-refractivity contribution < 1.29 is 28.4 Å². The number of hydrogen-bond acceptors (Lipinski definition) is 6. The molecule has 5 atom stereocenters. The third-order valence-electron chi connectivity index (χ3n) is 3.86. The molecule has 1 heterocycles. The highest BCUT2D eigenvalue weighted by molar-refractivity contribution is 5.31. The Morgan fingerprint density at radius 2 is 1.32 bits per heavy atom. The Kier molecular flexibility index (Phi) is 6.02. The van der Waals surface area contributed by atoms with E-state index >= 15 is 0 Å². The van der Waals surface area contributed by atoms with Gasteiger partial charge < -0.3 is 28.4 Å². The SMILES string of the molecule is COc1ccc(O[C@@H]2O[C@@H](C)[C@H](OC)[C@@H](OC)[C@H]2OC)cc1. The van der Waals surface area contributed by atoms with Gasteiger partial charge in [-0.15, -0.1) is 0 Å². The lowest BCUT2D eigenvalue weighted by atomic mass is 9.99. The largest absolute Gasteiger partial charge is 0.497 e. The average molecular weight is 312 g/mol. The molecule has 1 aliphatic rings. The van der Waals surface area contributed by atoms with Gasteiger partial charge in [-0.1, -0.05) is 0 Å². The standard InChI is InChI=1S/C16H24O6/c1-10-13(18-3)14(19-4)15(20-5)16(21-10)22-12-8-6-11(17-2)7-9-12/h6-10,13-16H,1-5H3/t10-,13-,14+,15+,16-/m0/s1. The molecule has 1 aliphatic heterocycles. The highest BCUT2D eigenvalue weighted by atomic mass is 16.7. The van der Waals surface area contributed by atoms with Crippen molar-refractivity contribution in [3.63, 3.8) is 0 Å². The fourth-order valence-electron chi connectivity index (χ4n) is 2.70. The molecule has 0 radical (unpaired) electrons. The Hall–Kier alpha value is -1.34. The summed E-state index contributed by atoms with van der Waals surface area (Å²) < 4.78 is 33.5. The van der Waals surface area contributed by atoms with Crippen LogP contribution in [0.5, 0.6) is 11.5 Å². The quantitative estimate of drug-likeness (QED) is 0.799. The molecule has 0 aliphatic carbocycles. The maximum atomic E-state index is 5.92. The first-order valence-electron chi connectivity index (χ1n) is 7.19. The molecule has 1 aromatic rings. The molecule has 2 rings (SSSR count). The van der Waals surface area contributed by atoms with Crippen LogP contribution < -0.4 is 9.47 Å². The van der Waals surface area contributed by atoms with E-state index in [1.165, 1.54) is 0 Å². The van der Waals surface area contributed by atoms with Crippen molar-refractivity contribution in [1.29, 1.82) is 0 Å². The number of ether oxygens (including phenoxy) is 6. The van der Waals surface area contributed by atoms with E-state index in [0.717, 1.165) is 5.75 Å². The summed E-state index contributed by atoms with van der Waals surface area (Å²) in [5.74, 6) is 1.44. The molecule has 0 bridgehead atoms. The maximum absolute atomic E-state index is 5.92. The van der Waals surface area contributed by atoms with Crippen LogP contribution >= 0.6 is 0 Å². The summed E-state index contributed by atoms with van der Waals surface area (Å²) in [5, 5.41) is 0. The number of hydrogen-bond donors (Lipinski definition) is 0. The summed E-state index contributed by atoms with van der Waals surface area (Å²) in [6.45, 7) is 1.93. The highest BCUT2D eigenvalue weighted by Crippen LogP contribution is 2.29. The van der Waals surface area contributed by atoms with Crippen molar-refractivity contribution in [2.75, 3.05) is 28.4 Å². The first-order chi connectivity index (χ1) is 10.6. The van der Waals surface area contributed by atoms with E-state index in [4.69, 9.17) is 28.4 Å². The molecule has 22 heavy (non-hydrogen) atoms. The van der Waals surface area contributed by atoms with Crippen LogP contribution in [0.4, 0.5) is 0 Å². The Morgan fingerprint density at radius 1 is 0.773 bits per heavy atom. The van der Waals surface area contributed by atoms with Gasteiger partial charge in [0.2, 0.25) is 6.29 Å². The molecule has 0 unspecified atom stereocenters. The molecule has 0 amide bonds. The van der Waals surface area contributed by atoms with Gasteiger partial charge in [0.25, 0.3) is 0 Å². The van der Waals surface area contributed by atoms with E-state index < -0.39 is 12.4 Å². The van der Waals surface area contributed by atoms with Gasteiger partial charge in [0, 0.05) is 21.3 Å². The van der Waals surface area contributed by atoms with Crippen LogP contribution in [0.25, 0.3) is 0 Å². The summed E-state index contributed by atoms with van der Waals surface area (Å²) in [7, 11) is 6.49. The highest BCUT2D eigenvalue weighted by Gasteiger charge is 2.46. The smallest absolute Gasteiger partial charge is 0.229 e. The number of benzene rings is 1. The first kappa shape index (κ1) is 17.0. The Balaban J connectivity index is 2.13. The first-order valence-corrected chi connectivity index (χ1v) is 7.19. The van der Waals surface area contributed by atoms with Crippen molar-refractivity contribution >= 4 is 0 Å². The summed E-state index contributed by atoms with van der Waals surface area (Å²) in [5.41, 5.74) is 0. The van der Waals surface area contributed by atoms with E-state index in [-0.39, 0.29) is 18.3 Å². The van der Waals surface area contributed by atoms with Gasteiger partial charge in [0.15, 0.2) is 0 Å². The lowest BCUT2D eigenvalue weighted by molar-refractivity contribution is -0.282. The maximum Gasteiger partial charge on any atom is 0.229 e. The zero-order valence-corrected chi connectivity index (χ0v) is 13.6. The lowest BCUT2D eigenvalue weighted by Crippen LogP contribution is -2.60. The summed E-state index contributed by atoms with van der Waals surface area (Å²) in [6, 6.07) is 7.30. The monoisotopic (exact) mass is 312 g/mol. The average Bonchev–Trinajstić information content (AvgIpc) is 2.54. The molecule has 0 saturated carbocycles. The van der Waals surface area contributed by atoms with Gasteiger partial charge in [-0.05, 0) is 31.2 Å². The second kappa shape index (κ2) is 7.78. The minimum absolute atomic E-state index is 0.176. The second-order valence-electron chi connectivity index (χ2n) is 5.10. The van der Waals surface area contributed by atoms with Crippen molar-refractivity contribution in [3.8, 4) is 11.5 Å². The van der Waals surface area contributed by atoms with Gasteiger partial charge in [-0.25, -0.2) is 0 Å². The molecule has 1 saturated heterocycles. The van der Waals surface area contributed by atoms with Crippen LogP contribution in [0.1, 0.15) is 6.92 Å². The van der Waals surface area contributed by atoms with Gasteiger partial charge in [-0.3, -0.25) is 0 Å². The molecule has 6 heteroatoms. The zero-order valence-electron chi connectivity index (χ0n) is 13.6. The molecule has 0 spiro atoms. The van der Waals surface area contributed by atoms with E-state index in [2.05, 4.69) is 0 Å². The predicted octanol–water partition coefficient (Wildman–Crippen LogP) is 1.86. The van der Waals surface area contributed by atoms with Crippen LogP contribution in [0.2, 0.25) is 0 Å². The summed E-state index contributed by atoms with van der Waals surface area (Å²) in [4.78, 5) is 0. The van der Waals surface area contributed by atoms with Crippen molar-refractivity contribution in [2.24, 2.45) is 0 Å². The molecule has 0 N–H and O–H groups in total. The van der Waals surface area contributed by atoms with E-state index in [0.29, 0.717) is 5.75 Å². The molecule has 0 aromatic heterocycles. The van der Waals surface area contributed by atoms with Crippen molar-refractivity contribution in [3.05, 3.63) is 24.3 Å². The molecule has 1 aromatic carbocycles. The van der Waals surface area contributed by atoms with E-state index in [9.17, 15) is 0 Å². The molecule has 124 valence electrons. The Bertz CT molecular complexity index is 448. The molecule has 1 fully saturated rings. The third kappa shape index (κ3) is 3.52. The van der Waals surface area contributed by atoms with Crippen LogP contribution in [0.3, 0.4) is 0 Å². The molecular weight excluding hydrogens is 288 g/mol. The van der Waals surface area contributed by atoms with Gasteiger partial charge in [0.05, 0.1) is 13.2 Å². The van der Waals surface area contributed by atoms with E-state index in [1.54, 1.807) is 28.4 Å². The minimum atomic E-state index is -0.579. The van der Waals surface area contributed by atoms with Crippen LogP contribution in [-0.2, 0) is 18.9 Å². The normalized spacial score (nSPS) is 31.8. The van der Waals surface area contributed by atoms with Crippen molar-refractivity contribution in [1.82, 2.24) is 0 Å². The zero-order chi connectivity index (χ0) is 16.1. The van der Waals surface area contributed by atoms with E-state index in [1.807, 2.05) is 31.2 Å². The van der Waals surface area contributed by atoms with Crippen molar-refractivity contribution in [2.45, 2.75) is 37.6 Å². The van der Waals surface area contributed by atoms with Gasteiger partial charge in [0.1, 0.15) is 29.8 Å². The Morgan fingerprint density at radius 3 is 1.82 bits per heavy atom. The van der Waals surface area contributed by atoms with Crippen LogP contribution in [0, 0.1) is 0 Å². The van der Waals surface area contributed by atoms with Gasteiger partial charge in [-0.2, -0.15) is 0 Å². The summed E-state index contributed by atoms with van der Waals surface area (Å²) >= 11 is 0. The summed E-state index contributed by atoms with van der Waals surface area (Å²) in [6.07, 6.45) is -1.64. The number of methoxy groups -OCH3 is 4. The second-order valence-corrected chi connectivity index (χ2v) is 5.10. The van der Waals surface area contributed by atoms with Crippen LogP contribution in [0.15, 0.2) is 24.3 Å². The fourth-order valence-corrected chi connectivity index (χ4v) is 2.70. The third-order valence-corrected chi connectivity index (χ3v) is 3.86. The fraction of sp³-hybridized carbons (Fsp3) is 0.625. The molecular formula is C16H24O6.